The zero-order valence-electron chi connectivity index (χ0n) is 13.3. The first kappa shape index (κ1) is 14.1. The van der Waals surface area contributed by atoms with E-state index in [2.05, 4.69) is 30.0 Å². The van der Waals surface area contributed by atoms with Crippen LogP contribution < -0.4 is 4.90 Å². The van der Waals surface area contributed by atoms with Gasteiger partial charge in [0.05, 0.1) is 17.3 Å². The van der Waals surface area contributed by atoms with Crippen LogP contribution in [0.4, 0.5) is 5.82 Å². The highest BCUT2D eigenvalue weighted by molar-refractivity contribution is 5.86. The fourth-order valence-electron chi connectivity index (χ4n) is 3.04. The van der Waals surface area contributed by atoms with Gasteiger partial charge >= 0.3 is 0 Å². The molecule has 3 aromatic heterocycles. The zero-order valence-corrected chi connectivity index (χ0v) is 13.3. The lowest BCUT2D eigenvalue weighted by molar-refractivity contribution is 0.241. The Hall–Kier alpha value is -2.48. The second-order valence-electron chi connectivity index (χ2n) is 5.89. The molecule has 0 spiro atoms. The van der Waals surface area contributed by atoms with Gasteiger partial charge < -0.3 is 9.42 Å². The van der Waals surface area contributed by atoms with E-state index in [9.17, 15) is 0 Å². The van der Waals surface area contributed by atoms with Crippen LogP contribution in [0.2, 0.25) is 0 Å². The molecule has 0 radical (unpaired) electrons. The van der Waals surface area contributed by atoms with Gasteiger partial charge in [0.2, 0.25) is 0 Å². The number of rotatable bonds is 3. The van der Waals surface area contributed by atoms with Crippen LogP contribution in [-0.4, -0.2) is 56.0 Å². The van der Waals surface area contributed by atoms with Crippen molar-refractivity contribution in [3.8, 4) is 0 Å². The van der Waals surface area contributed by atoms with Gasteiger partial charge in [-0.2, -0.15) is 5.10 Å². The van der Waals surface area contributed by atoms with Crippen molar-refractivity contribution in [1.82, 2.24) is 29.8 Å². The van der Waals surface area contributed by atoms with Gasteiger partial charge in [0.1, 0.15) is 17.9 Å². The summed E-state index contributed by atoms with van der Waals surface area (Å²) < 4.78 is 6.92. The van der Waals surface area contributed by atoms with Gasteiger partial charge in [-0.1, -0.05) is 5.16 Å². The maximum atomic E-state index is 5.13. The Labute approximate surface area is 133 Å². The van der Waals surface area contributed by atoms with Gasteiger partial charge in [-0.3, -0.25) is 9.58 Å². The van der Waals surface area contributed by atoms with Crippen molar-refractivity contribution in [2.45, 2.75) is 13.5 Å². The number of anilines is 1. The quantitative estimate of drug-likeness (QED) is 0.713. The summed E-state index contributed by atoms with van der Waals surface area (Å²) in [4.78, 5) is 13.5. The average Bonchev–Trinajstić information content (AvgIpc) is 3.14. The van der Waals surface area contributed by atoms with E-state index < -0.39 is 0 Å². The van der Waals surface area contributed by atoms with Gasteiger partial charge in [-0.25, -0.2) is 9.97 Å². The minimum Gasteiger partial charge on any atom is -0.361 e. The number of aryl methyl sites for hydroxylation is 2. The fraction of sp³-hybridized carbons (Fsp3) is 0.467. The molecule has 23 heavy (non-hydrogen) atoms. The van der Waals surface area contributed by atoms with E-state index in [0.717, 1.165) is 61.0 Å². The summed E-state index contributed by atoms with van der Waals surface area (Å²) in [7, 11) is 1.90. The summed E-state index contributed by atoms with van der Waals surface area (Å²) in [6, 6.07) is 2.00. The normalized spacial score (nSPS) is 16.3. The third-order valence-electron chi connectivity index (χ3n) is 4.24. The van der Waals surface area contributed by atoms with Crippen molar-refractivity contribution < 1.29 is 4.52 Å². The second kappa shape index (κ2) is 5.62. The van der Waals surface area contributed by atoms with E-state index >= 15 is 0 Å². The van der Waals surface area contributed by atoms with E-state index in [1.807, 2.05) is 26.2 Å². The minimum atomic E-state index is 0.831. The van der Waals surface area contributed by atoms with Crippen molar-refractivity contribution in [1.29, 1.82) is 0 Å². The summed E-state index contributed by atoms with van der Waals surface area (Å²) in [6.45, 7) is 6.55. The average molecular weight is 313 g/mol. The minimum absolute atomic E-state index is 0.831. The van der Waals surface area contributed by atoms with Gasteiger partial charge in [0.15, 0.2) is 5.65 Å². The molecule has 0 bridgehead atoms. The van der Waals surface area contributed by atoms with Crippen molar-refractivity contribution in [3.05, 3.63) is 30.0 Å². The first-order valence-electron chi connectivity index (χ1n) is 7.73. The Morgan fingerprint density at radius 3 is 2.74 bits per heavy atom. The Morgan fingerprint density at radius 2 is 2.00 bits per heavy atom. The molecule has 0 saturated carbocycles. The standard InChI is InChI=1S/C15H19N7O/c1-11-7-12(19-23-11)9-21-3-5-22(6-4-21)15-13-8-18-20(2)14(13)16-10-17-15/h7-8,10H,3-6,9H2,1-2H3. The molecule has 0 atom stereocenters. The van der Waals surface area contributed by atoms with Crippen LogP contribution in [0, 0.1) is 6.92 Å². The lowest BCUT2D eigenvalue weighted by Gasteiger charge is -2.35. The highest BCUT2D eigenvalue weighted by Crippen LogP contribution is 2.23. The van der Waals surface area contributed by atoms with Crippen LogP contribution in [0.15, 0.2) is 23.1 Å². The molecular formula is C15H19N7O. The van der Waals surface area contributed by atoms with Gasteiger partial charge in [0, 0.05) is 45.8 Å². The van der Waals surface area contributed by atoms with E-state index in [1.165, 1.54) is 0 Å². The second-order valence-corrected chi connectivity index (χ2v) is 5.89. The molecule has 0 unspecified atom stereocenters. The van der Waals surface area contributed by atoms with Crippen LogP contribution in [0.25, 0.3) is 11.0 Å². The Kier molecular flexibility index (Phi) is 3.45. The molecular weight excluding hydrogens is 294 g/mol. The van der Waals surface area contributed by atoms with E-state index in [-0.39, 0.29) is 0 Å². The van der Waals surface area contributed by atoms with Crippen LogP contribution in [0.1, 0.15) is 11.5 Å². The van der Waals surface area contributed by atoms with Crippen LogP contribution in [-0.2, 0) is 13.6 Å². The van der Waals surface area contributed by atoms with Crippen LogP contribution in [0.3, 0.4) is 0 Å². The molecule has 8 heteroatoms. The smallest absolute Gasteiger partial charge is 0.163 e. The van der Waals surface area contributed by atoms with E-state index in [1.54, 1.807) is 11.0 Å². The molecule has 1 saturated heterocycles. The monoisotopic (exact) mass is 313 g/mol. The summed E-state index contributed by atoms with van der Waals surface area (Å²) in [5, 5.41) is 9.36. The molecule has 120 valence electrons. The molecule has 8 nitrogen and oxygen atoms in total. The topological polar surface area (TPSA) is 76.1 Å². The largest absolute Gasteiger partial charge is 0.361 e. The molecule has 1 fully saturated rings. The molecule has 1 aliphatic rings. The molecule has 4 rings (SSSR count). The SMILES string of the molecule is Cc1cc(CN2CCN(c3ncnc4c3cnn4C)CC2)no1. The number of hydrogen-bond donors (Lipinski definition) is 0. The van der Waals surface area contributed by atoms with Crippen LogP contribution in [0.5, 0.6) is 0 Å². The maximum Gasteiger partial charge on any atom is 0.163 e. The Morgan fingerprint density at radius 1 is 1.17 bits per heavy atom. The zero-order chi connectivity index (χ0) is 15.8. The maximum absolute atomic E-state index is 5.13. The van der Waals surface area contributed by atoms with E-state index in [0.29, 0.717) is 0 Å². The molecule has 4 heterocycles. The lowest BCUT2D eigenvalue weighted by atomic mass is 10.2. The molecule has 0 N–H and O–H groups in total. The number of aromatic nitrogens is 5. The van der Waals surface area contributed by atoms with Gasteiger partial charge in [-0.05, 0) is 6.92 Å². The molecule has 3 aromatic rings. The number of piperazine rings is 1. The highest BCUT2D eigenvalue weighted by atomic mass is 16.5. The number of hydrogen-bond acceptors (Lipinski definition) is 7. The van der Waals surface area contributed by atoms with Crippen LogP contribution >= 0.6 is 0 Å². The lowest BCUT2D eigenvalue weighted by Crippen LogP contribution is -2.46. The number of fused-ring (bicyclic) bond motifs is 1. The third kappa shape index (κ3) is 2.65. The van der Waals surface area contributed by atoms with Crippen molar-refractivity contribution >= 4 is 16.9 Å². The first-order chi connectivity index (χ1) is 11.2. The Balaban J connectivity index is 1.46. The third-order valence-corrected chi connectivity index (χ3v) is 4.24. The molecule has 0 aliphatic carbocycles. The molecule has 0 amide bonds. The summed E-state index contributed by atoms with van der Waals surface area (Å²) in [6.07, 6.45) is 3.46. The van der Waals surface area contributed by atoms with Gasteiger partial charge in [-0.15, -0.1) is 0 Å². The predicted molar refractivity (Wildman–Crippen MR) is 85.0 cm³/mol. The van der Waals surface area contributed by atoms with Crippen molar-refractivity contribution in [3.63, 3.8) is 0 Å². The molecule has 0 aromatic carbocycles. The summed E-state index contributed by atoms with van der Waals surface area (Å²) >= 11 is 0. The Bertz CT molecular complexity index is 816. The summed E-state index contributed by atoms with van der Waals surface area (Å²) in [5.41, 5.74) is 1.86. The summed E-state index contributed by atoms with van der Waals surface area (Å²) in [5.74, 6) is 1.83. The predicted octanol–water partition coefficient (Wildman–Crippen LogP) is 0.982. The highest BCUT2D eigenvalue weighted by Gasteiger charge is 2.21. The van der Waals surface area contributed by atoms with Crippen molar-refractivity contribution in [2.75, 3.05) is 31.1 Å². The number of nitrogens with zero attached hydrogens (tertiary/aromatic N) is 7. The van der Waals surface area contributed by atoms with Gasteiger partial charge in [0.25, 0.3) is 0 Å². The van der Waals surface area contributed by atoms with Crippen molar-refractivity contribution in [2.24, 2.45) is 7.05 Å². The molecule has 1 aliphatic heterocycles. The fourth-order valence-corrected chi connectivity index (χ4v) is 3.04. The van der Waals surface area contributed by atoms with E-state index in [4.69, 9.17) is 4.52 Å². The first-order valence-corrected chi connectivity index (χ1v) is 7.73.